The Hall–Kier alpha value is -2.13. The summed E-state index contributed by atoms with van der Waals surface area (Å²) in [6.07, 6.45) is 0.790. The van der Waals surface area contributed by atoms with Crippen molar-refractivity contribution in [3.63, 3.8) is 0 Å². The molecule has 0 aliphatic heterocycles. The molecule has 0 aromatic heterocycles. The number of aldehydes is 1. The third-order valence-electron chi connectivity index (χ3n) is 2.82. The van der Waals surface area contributed by atoms with Gasteiger partial charge in [0.2, 0.25) is 0 Å². The van der Waals surface area contributed by atoms with Crippen LogP contribution in [0.2, 0.25) is 5.02 Å². The molecule has 0 aliphatic carbocycles. The van der Waals surface area contributed by atoms with Crippen LogP contribution in [0.5, 0.6) is 5.75 Å². The second kappa shape index (κ2) is 6.35. The molecule has 0 saturated heterocycles. The zero-order valence-electron chi connectivity index (χ0n) is 10.9. The summed E-state index contributed by atoms with van der Waals surface area (Å²) in [7, 11) is 0. The number of benzene rings is 2. The van der Waals surface area contributed by atoms with Gasteiger partial charge in [-0.15, -0.1) is 0 Å². The molecule has 0 spiro atoms. The smallest absolute Gasteiger partial charge is 0.159 e. The normalized spacial score (nSPS) is 10.1. The number of ether oxygens (including phenoxy) is 1. The lowest BCUT2D eigenvalue weighted by molar-refractivity contribution is 0.101. The molecule has 2 aromatic carbocycles. The van der Waals surface area contributed by atoms with Gasteiger partial charge in [-0.1, -0.05) is 29.8 Å². The van der Waals surface area contributed by atoms with E-state index in [1.165, 1.54) is 6.92 Å². The van der Waals surface area contributed by atoms with Crippen molar-refractivity contribution >= 4 is 23.7 Å². The Morgan fingerprint density at radius 2 is 2.05 bits per heavy atom. The highest BCUT2D eigenvalue weighted by atomic mass is 35.5. The van der Waals surface area contributed by atoms with Crippen LogP contribution in [-0.2, 0) is 6.61 Å². The van der Waals surface area contributed by atoms with Gasteiger partial charge in [-0.05, 0) is 36.8 Å². The SMILES string of the molecule is CC(=O)c1ccc(OCc2cccc(C=O)c2)c(Cl)c1. The summed E-state index contributed by atoms with van der Waals surface area (Å²) < 4.78 is 5.60. The van der Waals surface area contributed by atoms with Crippen molar-refractivity contribution in [1.82, 2.24) is 0 Å². The Morgan fingerprint density at radius 3 is 2.70 bits per heavy atom. The molecule has 2 rings (SSSR count). The average Bonchev–Trinajstić information content (AvgIpc) is 2.46. The second-order valence-corrected chi connectivity index (χ2v) is 4.76. The van der Waals surface area contributed by atoms with Gasteiger partial charge in [-0.25, -0.2) is 0 Å². The summed E-state index contributed by atoms with van der Waals surface area (Å²) in [6.45, 7) is 1.79. The van der Waals surface area contributed by atoms with E-state index in [2.05, 4.69) is 0 Å². The van der Waals surface area contributed by atoms with Gasteiger partial charge in [0.25, 0.3) is 0 Å². The van der Waals surface area contributed by atoms with Crippen LogP contribution in [0.1, 0.15) is 33.2 Å². The molecule has 0 saturated carbocycles. The molecule has 4 heteroatoms. The van der Waals surface area contributed by atoms with Crippen LogP contribution in [-0.4, -0.2) is 12.1 Å². The van der Waals surface area contributed by atoms with Gasteiger partial charge < -0.3 is 4.74 Å². The van der Waals surface area contributed by atoms with Crippen molar-refractivity contribution in [2.24, 2.45) is 0 Å². The van der Waals surface area contributed by atoms with Gasteiger partial charge in [0.1, 0.15) is 18.6 Å². The fourth-order valence-corrected chi connectivity index (χ4v) is 1.99. The molecule has 0 radical (unpaired) electrons. The molecule has 3 nitrogen and oxygen atoms in total. The highest BCUT2D eigenvalue weighted by Gasteiger charge is 2.06. The molecule has 2 aromatic rings. The minimum absolute atomic E-state index is 0.0443. The topological polar surface area (TPSA) is 43.4 Å². The van der Waals surface area contributed by atoms with Crippen LogP contribution in [0.15, 0.2) is 42.5 Å². The Morgan fingerprint density at radius 1 is 1.25 bits per heavy atom. The summed E-state index contributed by atoms with van der Waals surface area (Å²) in [5.74, 6) is 0.463. The number of carbonyl (C=O) groups excluding carboxylic acids is 2. The summed E-state index contributed by atoms with van der Waals surface area (Å²) in [6, 6.07) is 12.1. The molecule has 20 heavy (non-hydrogen) atoms. The van der Waals surface area contributed by atoms with E-state index in [1.807, 2.05) is 6.07 Å². The van der Waals surface area contributed by atoms with Crippen LogP contribution in [0.4, 0.5) is 0 Å². The van der Waals surface area contributed by atoms with Crippen molar-refractivity contribution in [2.75, 3.05) is 0 Å². The van der Waals surface area contributed by atoms with Crippen LogP contribution in [0, 0.1) is 0 Å². The maximum absolute atomic E-state index is 11.2. The van der Waals surface area contributed by atoms with E-state index in [0.717, 1.165) is 11.8 Å². The standard InChI is InChI=1S/C16H13ClO3/c1-11(19)14-5-6-16(15(17)8-14)20-10-13-4-2-3-12(7-13)9-18/h2-9H,10H2,1H3. The van der Waals surface area contributed by atoms with Gasteiger partial charge in [0, 0.05) is 11.1 Å². The van der Waals surface area contributed by atoms with E-state index >= 15 is 0 Å². The van der Waals surface area contributed by atoms with Crippen molar-refractivity contribution in [1.29, 1.82) is 0 Å². The number of halogens is 1. The average molecular weight is 289 g/mol. The number of carbonyl (C=O) groups is 2. The summed E-state index contributed by atoms with van der Waals surface area (Å²) >= 11 is 6.06. The number of Topliss-reactive ketones (excluding diaryl/α,β-unsaturated/α-hetero) is 1. The van der Waals surface area contributed by atoms with E-state index in [9.17, 15) is 9.59 Å². The molecule has 0 heterocycles. The molecule has 0 aliphatic rings. The zero-order chi connectivity index (χ0) is 14.5. The van der Waals surface area contributed by atoms with E-state index in [-0.39, 0.29) is 5.78 Å². The van der Waals surface area contributed by atoms with Crippen LogP contribution in [0.3, 0.4) is 0 Å². The zero-order valence-corrected chi connectivity index (χ0v) is 11.7. The number of rotatable bonds is 5. The van der Waals surface area contributed by atoms with Crippen molar-refractivity contribution in [2.45, 2.75) is 13.5 Å². The van der Waals surface area contributed by atoms with Crippen molar-refractivity contribution in [3.8, 4) is 5.75 Å². The van der Waals surface area contributed by atoms with Crippen molar-refractivity contribution in [3.05, 3.63) is 64.2 Å². The molecule has 0 bridgehead atoms. The van der Waals surface area contributed by atoms with Crippen molar-refractivity contribution < 1.29 is 14.3 Å². The summed E-state index contributed by atoms with van der Waals surface area (Å²) in [4.78, 5) is 21.9. The van der Waals surface area contributed by atoms with E-state index in [0.29, 0.717) is 28.5 Å². The Bertz CT molecular complexity index is 650. The quantitative estimate of drug-likeness (QED) is 0.618. The predicted octanol–water partition coefficient (Wildman–Crippen LogP) is 3.93. The fraction of sp³-hybridized carbons (Fsp3) is 0.125. The van der Waals surface area contributed by atoms with Gasteiger partial charge in [0.05, 0.1) is 5.02 Å². The van der Waals surface area contributed by atoms with Gasteiger partial charge in [0.15, 0.2) is 5.78 Å². The number of hydrogen-bond acceptors (Lipinski definition) is 3. The van der Waals surface area contributed by atoms with E-state index in [1.54, 1.807) is 36.4 Å². The van der Waals surface area contributed by atoms with Crippen LogP contribution < -0.4 is 4.74 Å². The molecule has 102 valence electrons. The Labute approximate surface area is 122 Å². The maximum atomic E-state index is 11.2. The summed E-state index contributed by atoms with van der Waals surface area (Å²) in [5, 5.41) is 0.393. The molecule has 0 atom stereocenters. The molecular formula is C16H13ClO3. The lowest BCUT2D eigenvalue weighted by atomic mass is 10.1. The third-order valence-corrected chi connectivity index (χ3v) is 3.12. The molecule has 0 fully saturated rings. The predicted molar refractivity (Wildman–Crippen MR) is 77.6 cm³/mol. The van der Waals surface area contributed by atoms with E-state index < -0.39 is 0 Å². The molecule has 0 unspecified atom stereocenters. The first-order valence-corrected chi connectivity index (χ1v) is 6.45. The highest BCUT2D eigenvalue weighted by molar-refractivity contribution is 6.32. The first-order valence-electron chi connectivity index (χ1n) is 6.07. The lowest BCUT2D eigenvalue weighted by Gasteiger charge is -2.09. The molecular weight excluding hydrogens is 276 g/mol. The minimum atomic E-state index is -0.0443. The van der Waals surface area contributed by atoms with E-state index in [4.69, 9.17) is 16.3 Å². The second-order valence-electron chi connectivity index (χ2n) is 4.35. The van der Waals surface area contributed by atoms with Gasteiger partial charge in [-0.2, -0.15) is 0 Å². The first-order chi connectivity index (χ1) is 9.60. The van der Waals surface area contributed by atoms with Gasteiger partial charge in [-0.3, -0.25) is 9.59 Å². The summed E-state index contributed by atoms with van der Waals surface area (Å²) in [5.41, 5.74) is 2.02. The van der Waals surface area contributed by atoms with Crippen LogP contribution >= 0.6 is 11.6 Å². The van der Waals surface area contributed by atoms with Gasteiger partial charge >= 0.3 is 0 Å². The fourth-order valence-electron chi connectivity index (χ4n) is 1.75. The minimum Gasteiger partial charge on any atom is -0.487 e. The molecule has 0 N–H and O–H groups in total. The maximum Gasteiger partial charge on any atom is 0.159 e. The first kappa shape index (κ1) is 14.3. The largest absolute Gasteiger partial charge is 0.487 e. The Balaban J connectivity index is 2.10. The Kier molecular flexibility index (Phi) is 4.53. The monoisotopic (exact) mass is 288 g/mol. The number of ketones is 1. The highest BCUT2D eigenvalue weighted by Crippen LogP contribution is 2.26. The lowest BCUT2D eigenvalue weighted by Crippen LogP contribution is -1.98. The number of hydrogen-bond donors (Lipinski definition) is 0. The van der Waals surface area contributed by atoms with Crippen LogP contribution in [0.25, 0.3) is 0 Å². The molecule has 0 amide bonds. The third kappa shape index (κ3) is 3.45.